The summed E-state index contributed by atoms with van der Waals surface area (Å²) in [5, 5.41) is 0. The summed E-state index contributed by atoms with van der Waals surface area (Å²) in [6.07, 6.45) is 1.15. The number of hydrogen-bond donors (Lipinski definition) is 0. The Morgan fingerprint density at radius 1 is 1.25 bits per heavy atom. The fourth-order valence-corrected chi connectivity index (χ4v) is 6.17. The molecule has 0 radical (unpaired) electrons. The molecule has 0 aromatic heterocycles. The van der Waals surface area contributed by atoms with Crippen molar-refractivity contribution in [2.75, 3.05) is 0 Å². The van der Waals surface area contributed by atoms with Crippen LogP contribution in [0.5, 0.6) is 0 Å². The average Bonchev–Trinajstić information content (AvgIpc) is 1.67. The van der Waals surface area contributed by atoms with Crippen LogP contribution in [-0.4, -0.2) is 16.1 Å². The van der Waals surface area contributed by atoms with E-state index in [0.717, 1.165) is 15.3 Å². The SMILES string of the molecule is CC[CH2][Sn]([Cl])([Cl])[CH2]C. The predicted octanol–water partition coefficient (Wildman–Crippen LogP) is 3.34. The fraction of sp³-hybridized carbons (Fsp3) is 1.00. The summed E-state index contributed by atoms with van der Waals surface area (Å²) in [4.78, 5) is 0. The molecule has 50 valence electrons. The molecule has 0 fully saturated rings. The van der Waals surface area contributed by atoms with Gasteiger partial charge >= 0.3 is 63.1 Å². The van der Waals surface area contributed by atoms with Gasteiger partial charge in [0.1, 0.15) is 0 Å². The zero-order valence-electron chi connectivity index (χ0n) is 5.38. The number of halogens is 2. The Morgan fingerprint density at radius 2 is 1.75 bits per heavy atom. The molecule has 0 bridgehead atoms. The second-order valence-corrected chi connectivity index (χ2v) is 21.3. The van der Waals surface area contributed by atoms with Gasteiger partial charge in [-0.1, -0.05) is 0 Å². The zero-order valence-corrected chi connectivity index (χ0v) is 9.74. The molecule has 0 aliphatic carbocycles. The average molecular weight is 262 g/mol. The van der Waals surface area contributed by atoms with Gasteiger partial charge in [0.2, 0.25) is 0 Å². The first kappa shape index (κ1) is 9.38. The first-order chi connectivity index (χ1) is 3.62. The van der Waals surface area contributed by atoms with E-state index in [2.05, 4.69) is 13.8 Å². The molecule has 3 heteroatoms. The molecule has 0 saturated heterocycles. The van der Waals surface area contributed by atoms with E-state index in [-0.39, 0.29) is 0 Å². The van der Waals surface area contributed by atoms with E-state index >= 15 is 0 Å². The monoisotopic (exact) mass is 262 g/mol. The quantitative estimate of drug-likeness (QED) is 0.684. The second kappa shape index (κ2) is 4.23. The molecule has 0 rings (SSSR count). The Kier molecular flexibility index (Phi) is 4.96. The molecule has 0 aromatic rings. The van der Waals surface area contributed by atoms with Gasteiger partial charge in [0.05, 0.1) is 0 Å². The molecule has 0 nitrogen and oxygen atoms in total. The molecule has 0 N–H and O–H groups in total. The van der Waals surface area contributed by atoms with Gasteiger partial charge in [0.25, 0.3) is 0 Å². The van der Waals surface area contributed by atoms with Gasteiger partial charge in [-0.3, -0.25) is 0 Å². The number of hydrogen-bond acceptors (Lipinski definition) is 0. The van der Waals surface area contributed by atoms with Crippen LogP contribution < -0.4 is 0 Å². The Hall–Kier alpha value is 1.38. The molecule has 8 heavy (non-hydrogen) atoms. The summed E-state index contributed by atoms with van der Waals surface area (Å²) in [5.41, 5.74) is 0. The van der Waals surface area contributed by atoms with Gasteiger partial charge in [0.15, 0.2) is 0 Å². The first-order valence-corrected chi connectivity index (χ1v) is 14.3. The van der Waals surface area contributed by atoms with Crippen molar-refractivity contribution in [2.24, 2.45) is 0 Å². The van der Waals surface area contributed by atoms with Gasteiger partial charge in [0, 0.05) is 0 Å². The molecule has 0 aromatic carbocycles. The third-order valence-corrected chi connectivity index (χ3v) is 13.7. The van der Waals surface area contributed by atoms with Crippen molar-refractivity contribution in [1.82, 2.24) is 0 Å². The van der Waals surface area contributed by atoms with Crippen LogP contribution in [0, 0.1) is 0 Å². The normalized spacial score (nSPS) is 12.0. The Morgan fingerprint density at radius 3 is 1.88 bits per heavy atom. The Labute approximate surface area is 62.9 Å². The molecular weight excluding hydrogens is 250 g/mol. The van der Waals surface area contributed by atoms with Crippen molar-refractivity contribution in [2.45, 2.75) is 29.1 Å². The van der Waals surface area contributed by atoms with E-state index in [1.807, 2.05) is 0 Å². The summed E-state index contributed by atoms with van der Waals surface area (Å²) in [7, 11) is 12.0. The Balaban J connectivity index is 3.37. The van der Waals surface area contributed by atoms with Crippen LogP contribution >= 0.6 is 17.8 Å². The maximum absolute atomic E-state index is 6.00. The van der Waals surface area contributed by atoms with Crippen LogP contribution in [0.25, 0.3) is 0 Å². The third kappa shape index (κ3) is 4.28. The fourth-order valence-electron chi connectivity index (χ4n) is 0.543. The van der Waals surface area contributed by atoms with Crippen molar-refractivity contribution < 1.29 is 0 Å². The molecular formula is C5H12Cl2Sn. The summed E-state index contributed by atoms with van der Waals surface area (Å²) in [5.74, 6) is 0. The molecule has 0 aliphatic rings. The summed E-state index contributed by atoms with van der Waals surface area (Å²) >= 11 is -2.38. The zero-order chi connectivity index (χ0) is 6.62. The van der Waals surface area contributed by atoms with Crippen molar-refractivity contribution in [3.05, 3.63) is 0 Å². The van der Waals surface area contributed by atoms with E-state index in [0.29, 0.717) is 0 Å². The van der Waals surface area contributed by atoms with Crippen LogP contribution in [0.15, 0.2) is 0 Å². The molecule has 0 heterocycles. The molecule has 0 atom stereocenters. The second-order valence-electron chi connectivity index (χ2n) is 1.96. The molecule has 0 aliphatic heterocycles. The minimum absolute atomic E-state index is 1.05. The van der Waals surface area contributed by atoms with Gasteiger partial charge < -0.3 is 0 Å². The summed E-state index contributed by atoms with van der Waals surface area (Å²) < 4.78 is 2.15. The molecule has 0 spiro atoms. The van der Waals surface area contributed by atoms with Crippen LogP contribution in [0.3, 0.4) is 0 Å². The van der Waals surface area contributed by atoms with Crippen molar-refractivity contribution in [3.63, 3.8) is 0 Å². The van der Waals surface area contributed by atoms with E-state index in [1.165, 1.54) is 0 Å². The van der Waals surface area contributed by atoms with Gasteiger partial charge in [-0.15, -0.1) is 0 Å². The van der Waals surface area contributed by atoms with E-state index < -0.39 is 16.1 Å². The molecule has 0 amide bonds. The van der Waals surface area contributed by atoms with Gasteiger partial charge in [-0.2, -0.15) is 0 Å². The summed E-state index contributed by atoms with van der Waals surface area (Å²) in [6, 6.07) is 0. The molecule has 0 unspecified atom stereocenters. The van der Waals surface area contributed by atoms with Crippen LogP contribution in [0.2, 0.25) is 8.87 Å². The minimum atomic E-state index is -2.38. The van der Waals surface area contributed by atoms with Crippen LogP contribution in [0.4, 0.5) is 0 Å². The topological polar surface area (TPSA) is 0 Å². The first-order valence-electron chi connectivity index (χ1n) is 3.00. The standard InChI is InChI=1S/C3H7.C2H5.2ClH.Sn/c1-3-2;1-2;;;/h1,3H2,2H3;1H2,2H3;2*1H;/q;;;;+2/p-2. The van der Waals surface area contributed by atoms with Crippen molar-refractivity contribution >= 4 is 34.0 Å². The summed E-state index contributed by atoms with van der Waals surface area (Å²) in [6.45, 7) is 4.22. The van der Waals surface area contributed by atoms with Crippen molar-refractivity contribution in [1.29, 1.82) is 0 Å². The predicted molar refractivity (Wildman–Crippen MR) is 43.0 cm³/mol. The molecule has 0 saturated carbocycles. The van der Waals surface area contributed by atoms with Crippen LogP contribution in [0.1, 0.15) is 20.3 Å². The maximum atomic E-state index is 6.00. The van der Waals surface area contributed by atoms with E-state index in [1.54, 1.807) is 0 Å². The number of rotatable bonds is 3. The van der Waals surface area contributed by atoms with Gasteiger partial charge in [-0.05, 0) is 0 Å². The Bertz CT molecular complexity index is 63.4. The third-order valence-electron chi connectivity index (χ3n) is 1.13. The van der Waals surface area contributed by atoms with Crippen LogP contribution in [-0.2, 0) is 0 Å². The van der Waals surface area contributed by atoms with E-state index in [4.69, 9.17) is 17.8 Å². The van der Waals surface area contributed by atoms with Crippen molar-refractivity contribution in [3.8, 4) is 0 Å². The van der Waals surface area contributed by atoms with E-state index in [9.17, 15) is 0 Å². The van der Waals surface area contributed by atoms with Gasteiger partial charge in [-0.25, -0.2) is 0 Å².